The van der Waals surface area contributed by atoms with E-state index < -0.39 is 0 Å². The smallest absolute Gasteiger partial charge is 0.188 e. The molecule has 0 saturated heterocycles. The van der Waals surface area contributed by atoms with Crippen LogP contribution in [0.4, 0.5) is 0 Å². The number of aromatic nitrogens is 2. The summed E-state index contributed by atoms with van der Waals surface area (Å²) in [5, 5.41) is 0.837. The molecule has 1 aromatic heterocycles. The number of aryl methyl sites for hydroxylation is 2. The van der Waals surface area contributed by atoms with E-state index in [2.05, 4.69) is 23.8 Å². The van der Waals surface area contributed by atoms with E-state index >= 15 is 0 Å². The highest BCUT2D eigenvalue weighted by Gasteiger charge is 2.09. The van der Waals surface area contributed by atoms with E-state index in [-0.39, 0.29) is 6.04 Å². The van der Waals surface area contributed by atoms with Gasteiger partial charge in [0.1, 0.15) is 0 Å². The van der Waals surface area contributed by atoms with Crippen molar-refractivity contribution >= 4 is 11.8 Å². The summed E-state index contributed by atoms with van der Waals surface area (Å²) in [5.74, 6) is 1.38. The molecule has 0 aliphatic carbocycles. The summed E-state index contributed by atoms with van der Waals surface area (Å²) >= 11 is 1.64. The summed E-state index contributed by atoms with van der Waals surface area (Å²) in [6.07, 6.45) is 0. The molecule has 84 valence electrons. The van der Waals surface area contributed by atoms with Crippen LogP contribution in [0.25, 0.3) is 0 Å². The van der Waals surface area contributed by atoms with Crippen molar-refractivity contribution in [2.75, 3.05) is 5.75 Å². The molecule has 4 heteroatoms. The molecule has 0 aromatic carbocycles. The Morgan fingerprint density at radius 1 is 1.27 bits per heavy atom. The molecule has 0 aliphatic heterocycles. The van der Waals surface area contributed by atoms with Crippen LogP contribution in [0.15, 0.2) is 11.2 Å². The van der Waals surface area contributed by atoms with Crippen molar-refractivity contribution < 1.29 is 0 Å². The molecule has 15 heavy (non-hydrogen) atoms. The molecule has 0 amide bonds. The molecule has 0 fully saturated rings. The minimum atomic E-state index is 0.208. The summed E-state index contributed by atoms with van der Waals surface area (Å²) in [5.41, 5.74) is 8.00. The third-order valence-corrected chi connectivity index (χ3v) is 3.22. The number of hydrogen-bond acceptors (Lipinski definition) is 4. The van der Waals surface area contributed by atoms with Gasteiger partial charge in [0.15, 0.2) is 5.16 Å². The maximum Gasteiger partial charge on any atom is 0.188 e. The normalized spacial score (nSPS) is 13.2. The van der Waals surface area contributed by atoms with Gasteiger partial charge in [0, 0.05) is 23.2 Å². The van der Waals surface area contributed by atoms with Crippen LogP contribution in [0.3, 0.4) is 0 Å². The lowest BCUT2D eigenvalue weighted by atomic mass is 10.1. The SMILES string of the molecule is Cc1cc(C)nc(SCC(N)C(C)C)n1. The van der Waals surface area contributed by atoms with Gasteiger partial charge in [0.2, 0.25) is 0 Å². The number of rotatable bonds is 4. The first-order chi connectivity index (χ1) is 6.99. The maximum absolute atomic E-state index is 5.96. The Labute approximate surface area is 95.9 Å². The number of nitrogens with two attached hydrogens (primary N) is 1. The average Bonchev–Trinajstić information content (AvgIpc) is 2.12. The molecule has 1 unspecified atom stereocenters. The molecular formula is C11H19N3S. The highest BCUT2D eigenvalue weighted by Crippen LogP contribution is 2.16. The summed E-state index contributed by atoms with van der Waals surface area (Å²) in [6.45, 7) is 8.24. The fourth-order valence-corrected chi connectivity index (χ4v) is 2.26. The fraction of sp³-hybridized carbons (Fsp3) is 0.636. The van der Waals surface area contributed by atoms with Gasteiger partial charge < -0.3 is 5.73 Å². The molecule has 1 rings (SSSR count). The van der Waals surface area contributed by atoms with Gasteiger partial charge in [-0.3, -0.25) is 0 Å². The summed E-state index contributed by atoms with van der Waals surface area (Å²) in [7, 11) is 0. The van der Waals surface area contributed by atoms with Crippen LogP contribution in [0, 0.1) is 19.8 Å². The Morgan fingerprint density at radius 2 is 1.80 bits per heavy atom. The Bertz CT molecular complexity index is 305. The van der Waals surface area contributed by atoms with Gasteiger partial charge in [0.05, 0.1) is 0 Å². The number of thioether (sulfide) groups is 1. The predicted octanol–water partition coefficient (Wildman–Crippen LogP) is 2.17. The largest absolute Gasteiger partial charge is 0.327 e. The van der Waals surface area contributed by atoms with Gasteiger partial charge in [0.25, 0.3) is 0 Å². The number of hydrogen-bond donors (Lipinski definition) is 1. The first kappa shape index (κ1) is 12.5. The van der Waals surface area contributed by atoms with Crippen LogP contribution in [0.2, 0.25) is 0 Å². The van der Waals surface area contributed by atoms with Crippen LogP contribution in [-0.4, -0.2) is 21.8 Å². The zero-order valence-corrected chi connectivity index (χ0v) is 10.6. The van der Waals surface area contributed by atoms with Crippen LogP contribution in [-0.2, 0) is 0 Å². The van der Waals surface area contributed by atoms with E-state index in [0.717, 1.165) is 22.3 Å². The van der Waals surface area contributed by atoms with Crippen LogP contribution in [0.5, 0.6) is 0 Å². The Morgan fingerprint density at radius 3 is 2.27 bits per heavy atom. The minimum Gasteiger partial charge on any atom is -0.327 e. The molecule has 2 N–H and O–H groups in total. The monoisotopic (exact) mass is 225 g/mol. The van der Waals surface area contributed by atoms with E-state index in [1.807, 2.05) is 19.9 Å². The second-order valence-electron chi connectivity index (χ2n) is 4.15. The van der Waals surface area contributed by atoms with Gasteiger partial charge in [-0.25, -0.2) is 9.97 Å². The van der Waals surface area contributed by atoms with Gasteiger partial charge >= 0.3 is 0 Å². The minimum absolute atomic E-state index is 0.208. The van der Waals surface area contributed by atoms with E-state index in [1.165, 1.54) is 0 Å². The third kappa shape index (κ3) is 4.18. The van der Waals surface area contributed by atoms with Crippen LogP contribution in [0.1, 0.15) is 25.2 Å². The van der Waals surface area contributed by atoms with E-state index in [1.54, 1.807) is 11.8 Å². The lowest BCUT2D eigenvalue weighted by Crippen LogP contribution is -2.28. The molecule has 3 nitrogen and oxygen atoms in total. The molecule has 0 radical (unpaired) electrons. The van der Waals surface area contributed by atoms with Crippen molar-refractivity contribution in [1.82, 2.24) is 9.97 Å². The lowest BCUT2D eigenvalue weighted by Gasteiger charge is -2.14. The van der Waals surface area contributed by atoms with Gasteiger partial charge in [-0.1, -0.05) is 25.6 Å². The van der Waals surface area contributed by atoms with Gasteiger partial charge in [-0.2, -0.15) is 0 Å². The molecular weight excluding hydrogens is 206 g/mol. The summed E-state index contributed by atoms with van der Waals surface area (Å²) in [6, 6.07) is 2.19. The Hall–Kier alpha value is -0.610. The highest BCUT2D eigenvalue weighted by molar-refractivity contribution is 7.99. The van der Waals surface area contributed by atoms with Crippen molar-refractivity contribution in [2.45, 2.75) is 38.9 Å². The van der Waals surface area contributed by atoms with Gasteiger partial charge in [-0.15, -0.1) is 0 Å². The third-order valence-electron chi connectivity index (χ3n) is 2.22. The first-order valence-corrected chi connectivity index (χ1v) is 6.18. The zero-order chi connectivity index (χ0) is 11.4. The zero-order valence-electron chi connectivity index (χ0n) is 9.82. The molecule has 1 atom stereocenters. The van der Waals surface area contributed by atoms with Crippen molar-refractivity contribution in [3.05, 3.63) is 17.5 Å². The molecule has 1 heterocycles. The van der Waals surface area contributed by atoms with Crippen molar-refractivity contribution in [3.63, 3.8) is 0 Å². The van der Waals surface area contributed by atoms with E-state index in [0.29, 0.717) is 5.92 Å². The molecule has 1 aromatic rings. The van der Waals surface area contributed by atoms with Crippen LogP contribution < -0.4 is 5.73 Å². The lowest BCUT2D eigenvalue weighted by molar-refractivity contribution is 0.535. The second kappa shape index (κ2) is 5.47. The van der Waals surface area contributed by atoms with Crippen molar-refractivity contribution in [2.24, 2.45) is 11.7 Å². The highest BCUT2D eigenvalue weighted by atomic mass is 32.2. The first-order valence-electron chi connectivity index (χ1n) is 5.19. The summed E-state index contributed by atoms with van der Waals surface area (Å²) in [4.78, 5) is 8.72. The van der Waals surface area contributed by atoms with Crippen molar-refractivity contribution in [3.8, 4) is 0 Å². The topological polar surface area (TPSA) is 51.8 Å². The standard InChI is InChI=1S/C11H19N3S/c1-7(2)10(12)6-15-11-13-8(3)5-9(4)14-11/h5,7,10H,6,12H2,1-4H3. The van der Waals surface area contributed by atoms with E-state index in [4.69, 9.17) is 5.73 Å². The Balaban J connectivity index is 2.57. The maximum atomic E-state index is 5.96. The Kier molecular flexibility index (Phi) is 4.54. The quantitative estimate of drug-likeness (QED) is 0.630. The van der Waals surface area contributed by atoms with Crippen LogP contribution >= 0.6 is 11.8 Å². The average molecular weight is 225 g/mol. The molecule has 0 bridgehead atoms. The number of nitrogens with zero attached hydrogens (tertiary/aromatic N) is 2. The molecule has 0 saturated carbocycles. The second-order valence-corrected chi connectivity index (χ2v) is 5.14. The van der Waals surface area contributed by atoms with Crippen molar-refractivity contribution in [1.29, 1.82) is 0 Å². The molecule has 0 aliphatic rings. The fourth-order valence-electron chi connectivity index (χ4n) is 1.12. The predicted molar refractivity (Wildman–Crippen MR) is 65.0 cm³/mol. The van der Waals surface area contributed by atoms with E-state index in [9.17, 15) is 0 Å². The van der Waals surface area contributed by atoms with Gasteiger partial charge in [-0.05, 0) is 25.8 Å². The molecule has 0 spiro atoms. The summed E-state index contributed by atoms with van der Waals surface area (Å²) < 4.78 is 0.